The summed E-state index contributed by atoms with van der Waals surface area (Å²) in [6, 6.07) is 4.58. The van der Waals surface area contributed by atoms with E-state index in [1.807, 2.05) is 0 Å². The zero-order chi connectivity index (χ0) is 12.5. The van der Waals surface area contributed by atoms with Crippen LogP contribution < -0.4 is 0 Å². The predicted octanol–water partition coefficient (Wildman–Crippen LogP) is 2.78. The molecule has 1 aromatic carbocycles. The number of hydrogen-bond donors (Lipinski definition) is 1. The summed E-state index contributed by atoms with van der Waals surface area (Å²) in [6.07, 6.45) is 1.28. The Labute approximate surface area is 106 Å². The van der Waals surface area contributed by atoms with Gasteiger partial charge in [0.25, 0.3) is 0 Å². The minimum Gasteiger partial charge on any atom is -0.385 e. The summed E-state index contributed by atoms with van der Waals surface area (Å²) in [4.78, 5) is 2.28. The fourth-order valence-corrected chi connectivity index (χ4v) is 2.43. The number of rotatable bonds is 2. The quantitative estimate of drug-likeness (QED) is 0.881. The molecule has 94 valence electrons. The molecule has 1 saturated heterocycles. The maximum absolute atomic E-state index is 13.4. The lowest BCUT2D eigenvalue weighted by atomic mass is 9.84. The van der Waals surface area contributed by atoms with Crippen LogP contribution in [-0.2, 0) is 5.60 Å². The molecule has 1 fully saturated rings. The van der Waals surface area contributed by atoms with Gasteiger partial charge in [0.2, 0.25) is 0 Å². The Morgan fingerprint density at radius 3 is 2.59 bits per heavy atom. The number of halogens is 2. The molecule has 0 spiro atoms. The minimum atomic E-state index is -0.906. The largest absolute Gasteiger partial charge is 0.385 e. The highest BCUT2D eigenvalue weighted by atomic mass is 35.5. The van der Waals surface area contributed by atoms with E-state index in [4.69, 9.17) is 11.6 Å². The Balaban J connectivity index is 2.18. The first-order valence-electron chi connectivity index (χ1n) is 5.95. The number of aliphatic hydroxyl groups is 1. The van der Waals surface area contributed by atoms with Crippen molar-refractivity contribution in [3.05, 3.63) is 34.6 Å². The van der Waals surface area contributed by atoms with E-state index in [1.54, 1.807) is 6.07 Å². The van der Waals surface area contributed by atoms with Gasteiger partial charge in [0.05, 0.1) is 10.6 Å². The van der Waals surface area contributed by atoms with Gasteiger partial charge in [-0.2, -0.15) is 0 Å². The number of benzene rings is 1. The highest BCUT2D eigenvalue weighted by Gasteiger charge is 2.33. The number of likely N-dealkylation sites (tertiary alicyclic amines) is 1. The first kappa shape index (κ1) is 12.8. The van der Waals surface area contributed by atoms with Crippen LogP contribution in [0, 0.1) is 5.82 Å². The molecule has 1 aliphatic heterocycles. The van der Waals surface area contributed by atoms with Crippen LogP contribution >= 0.6 is 11.6 Å². The van der Waals surface area contributed by atoms with E-state index >= 15 is 0 Å². The molecular weight excluding hydrogens is 241 g/mol. The van der Waals surface area contributed by atoms with Crippen LogP contribution in [0.4, 0.5) is 4.39 Å². The zero-order valence-corrected chi connectivity index (χ0v) is 10.7. The first-order chi connectivity index (χ1) is 8.05. The van der Waals surface area contributed by atoms with E-state index in [9.17, 15) is 9.50 Å². The summed E-state index contributed by atoms with van der Waals surface area (Å²) in [7, 11) is 0. The molecule has 1 aliphatic rings. The third kappa shape index (κ3) is 2.62. The summed E-state index contributed by atoms with van der Waals surface area (Å²) in [5, 5.41) is 10.6. The summed E-state index contributed by atoms with van der Waals surface area (Å²) >= 11 is 5.65. The molecule has 2 rings (SSSR count). The van der Waals surface area contributed by atoms with Gasteiger partial charge in [0.1, 0.15) is 5.82 Å². The van der Waals surface area contributed by atoms with Gasteiger partial charge in [-0.3, -0.25) is 0 Å². The lowest BCUT2D eigenvalue weighted by Gasteiger charge is -2.38. The smallest absolute Gasteiger partial charge is 0.142 e. The van der Waals surface area contributed by atoms with Gasteiger partial charge in [0.15, 0.2) is 0 Å². The third-order valence-electron chi connectivity index (χ3n) is 3.59. The molecule has 4 heteroatoms. The molecule has 0 aliphatic carbocycles. The molecule has 17 heavy (non-hydrogen) atoms. The molecule has 0 unspecified atom stereocenters. The number of piperidine rings is 1. The summed E-state index contributed by atoms with van der Waals surface area (Å²) in [6.45, 7) is 4.78. The van der Waals surface area contributed by atoms with Crippen molar-refractivity contribution < 1.29 is 9.50 Å². The van der Waals surface area contributed by atoms with Gasteiger partial charge in [-0.25, -0.2) is 4.39 Å². The fraction of sp³-hybridized carbons (Fsp3) is 0.538. The van der Waals surface area contributed by atoms with Crippen LogP contribution in [0.3, 0.4) is 0 Å². The lowest BCUT2D eigenvalue weighted by Crippen LogP contribution is -2.42. The van der Waals surface area contributed by atoms with Crippen LogP contribution in [0.25, 0.3) is 0 Å². The molecule has 0 aromatic heterocycles. The number of hydrogen-bond acceptors (Lipinski definition) is 2. The Morgan fingerprint density at radius 1 is 1.41 bits per heavy atom. The summed E-state index contributed by atoms with van der Waals surface area (Å²) in [5.41, 5.74) is -0.271. The van der Waals surface area contributed by atoms with Crippen molar-refractivity contribution in [1.82, 2.24) is 4.90 Å². The van der Waals surface area contributed by atoms with Crippen molar-refractivity contribution in [2.24, 2.45) is 0 Å². The molecular formula is C13H17ClFNO. The molecule has 0 amide bonds. The van der Waals surface area contributed by atoms with Crippen molar-refractivity contribution in [2.45, 2.75) is 25.4 Å². The number of nitrogens with zero attached hydrogens (tertiary/aromatic N) is 1. The second-order valence-electron chi connectivity index (χ2n) is 4.59. The molecule has 1 heterocycles. The van der Waals surface area contributed by atoms with E-state index in [0.29, 0.717) is 18.4 Å². The Morgan fingerprint density at radius 2 is 2.06 bits per heavy atom. The predicted molar refractivity (Wildman–Crippen MR) is 66.7 cm³/mol. The molecule has 1 N–H and O–H groups in total. The molecule has 0 saturated carbocycles. The van der Waals surface area contributed by atoms with Crippen LogP contribution in [0.1, 0.15) is 25.3 Å². The van der Waals surface area contributed by atoms with Crippen molar-refractivity contribution in [3.8, 4) is 0 Å². The molecule has 0 bridgehead atoms. The van der Waals surface area contributed by atoms with Gasteiger partial charge >= 0.3 is 0 Å². The van der Waals surface area contributed by atoms with Crippen LogP contribution in [-0.4, -0.2) is 29.6 Å². The van der Waals surface area contributed by atoms with Gasteiger partial charge < -0.3 is 10.0 Å². The van der Waals surface area contributed by atoms with Crippen LogP contribution in [0.15, 0.2) is 18.2 Å². The van der Waals surface area contributed by atoms with Crippen molar-refractivity contribution >= 4 is 11.6 Å². The van der Waals surface area contributed by atoms with Gasteiger partial charge in [0, 0.05) is 13.1 Å². The fourth-order valence-electron chi connectivity index (χ4n) is 2.31. The maximum Gasteiger partial charge on any atom is 0.142 e. The Bertz CT molecular complexity index is 402. The topological polar surface area (TPSA) is 23.5 Å². The summed E-state index contributed by atoms with van der Waals surface area (Å²) in [5.74, 6) is -0.462. The third-order valence-corrected chi connectivity index (χ3v) is 3.89. The SMILES string of the molecule is CCN1CCC(O)(c2ccc(Cl)c(F)c2)CC1. The van der Waals surface area contributed by atoms with Gasteiger partial charge in [-0.15, -0.1) is 0 Å². The van der Waals surface area contributed by atoms with Crippen molar-refractivity contribution in [3.63, 3.8) is 0 Å². The monoisotopic (exact) mass is 257 g/mol. The molecule has 2 nitrogen and oxygen atoms in total. The summed E-state index contributed by atoms with van der Waals surface area (Å²) < 4.78 is 13.4. The molecule has 0 atom stereocenters. The van der Waals surface area contributed by atoms with Crippen LogP contribution in [0.5, 0.6) is 0 Å². The molecule has 1 aromatic rings. The standard InChI is InChI=1S/C13H17ClFNO/c1-2-16-7-5-13(17,6-8-16)10-3-4-11(14)12(15)9-10/h3-4,9,17H,2,5-8H2,1H3. The highest BCUT2D eigenvalue weighted by Crippen LogP contribution is 2.34. The van der Waals surface area contributed by atoms with Crippen molar-refractivity contribution in [2.75, 3.05) is 19.6 Å². The maximum atomic E-state index is 13.4. The second-order valence-corrected chi connectivity index (χ2v) is 5.00. The van der Waals surface area contributed by atoms with E-state index in [-0.39, 0.29) is 5.02 Å². The lowest BCUT2D eigenvalue weighted by molar-refractivity contribution is -0.0249. The van der Waals surface area contributed by atoms with Gasteiger partial charge in [-0.05, 0) is 37.1 Å². The first-order valence-corrected chi connectivity index (χ1v) is 6.33. The van der Waals surface area contributed by atoms with E-state index in [1.165, 1.54) is 12.1 Å². The normalized spacial score (nSPS) is 20.5. The second kappa shape index (κ2) is 4.92. The molecule has 0 radical (unpaired) electrons. The average Bonchev–Trinajstić information content (AvgIpc) is 2.33. The van der Waals surface area contributed by atoms with Gasteiger partial charge in [-0.1, -0.05) is 24.6 Å². The highest BCUT2D eigenvalue weighted by molar-refractivity contribution is 6.30. The van der Waals surface area contributed by atoms with Crippen molar-refractivity contribution in [1.29, 1.82) is 0 Å². The minimum absolute atomic E-state index is 0.100. The average molecular weight is 258 g/mol. The van der Waals surface area contributed by atoms with Crippen LogP contribution in [0.2, 0.25) is 5.02 Å². The van der Waals surface area contributed by atoms with E-state index < -0.39 is 11.4 Å². The van der Waals surface area contributed by atoms with E-state index in [2.05, 4.69) is 11.8 Å². The zero-order valence-electron chi connectivity index (χ0n) is 9.92. The van der Waals surface area contributed by atoms with E-state index in [0.717, 1.165) is 19.6 Å². The Kier molecular flexibility index (Phi) is 3.71. The Hall–Kier alpha value is -0.640.